The van der Waals surface area contributed by atoms with E-state index in [1.165, 1.54) is 0 Å². The van der Waals surface area contributed by atoms with Crippen LogP contribution in [0, 0.1) is 0 Å². The molecule has 2 heteroatoms. The third kappa shape index (κ3) is 8.10. The molecule has 0 saturated heterocycles. The lowest BCUT2D eigenvalue weighted by atomic mass is 10.0. The van der Waals surface area contributed by atoms with Crippen molar-refractivity contribution < 1.29 is 9.47 Å². The number of ether oxygens (including phenoxy) is 2. The van der Waals surface area contributed by atoms with Gasteiger partial charge in [-0.3, -0.25) is 0 Å². The highest BCUT2D eigenvalue weighted by molar-refractivity contribution is 4.73. The zero-order valence-corrected chi connectivity index (χ0v) is 13.6. The largest absolute Gasteiger partial charge is 0.373 e. The van der Waals surface area contributed by atoms with Gasteiger partial charge < -0.3 is 9.47 Å². The van der Waals surface area contributed by atoms with Crippen molar-refractivity contribution in [2.45, 2.75) is 97.9 Å². The first-order valence-electron chi connectivity index (χ1n) is 7.58. The number of hydrogen-bond acceptors (Lipinski definition) is 2. The summed E-state index contributed by atoms with van der Waals surface area (Å²) in [4.78, 5) is 0. The summed E-state index contributed by atoms with van der Waals surface area (Å²) in [6.07, 6.45) is 5.74. The van der Waals surface area contributed by atoms with Gasteiger partial charge in [-0.1, -0.05) is 33.6 Å². The fraction of sp³-hybridized carbons (Fsp3) is 1.00. The van der Waals surface area contributed by atoms with Crippen LogP contribution in [0.5, 0.6) is 0 Å². The van der Waals surface area contributed by atoms with E-state index in [2.05, 4.69) is 48.5 Å². The van der Waals surface area contributed by atoms with E-state index >= 15 is 0 Å². The SMILES string of the molecule is CCCC(C)(C)OCC(CC)OC(C)(C)CCC. The molecule has 0 aliphatic carbocycles. The van der Waals surface area contributed by atoms with Gasteiger partial charge in [-0.15, -0.1) is 0 Å². The first kappa shape index (κ1) is 17.9. The van der Waals surface area contributed by atoms with Gasteiger partial charge in [-0.2, -0.15) is 0 Å². The Morgan fingerprint density at radius 1 is 0.833 bits per heavy atom. The maximum Gasteiger partial charge on any atom is 0.0813 e. The molecule has 0 bridgehead atoms. The number of rotatable bonds is 10. The molecule has 0 aromatic rings. The molecule has 0 spiro atoms. The second-order valence-corrected chi connectivity index (χ2v) is 6.48. The Morgan fingerprint density at radius 3 is 1.78 bits per heavy atom. The van der Waals surface area contributed by atoms with E-state index in [-0.39, 0.29) is 17.3 Å². The van der Waals surface area contributed by atoms with Crippen molar-refractivity contribution >= 4 is 0 Å². The Balaban J connectivity index is 4.19. The summed E-state index contributed by atoms with van der Waals surface area (Å²) in [6.45, 7) is 16.0. The molecule has 0 saturated carbocycles. The third-order valence-electron chi connectivity index (χ3n) is 3.31. The summed E-state index contributed by atoms with van der Waals surface area (Å²) in [5.41, 5.74) is -0.0614. The molecule has 0 radical (unpaired) electrons. The van der Waals surface area contributed by atoms with E-state index < -0.39 is 0 Å². The van der Waals surface area contributed by atoms with Gasteiger partial charge in [0.05, 0.1) is 23.9 Å². The molecule has 0 aliphatic rings. The van der Waals surface area contributed by atoms with Crippen molar-refractivity contribution in [1.29, 1.82) is 0 Å². The quantitative estimate of drug-likeness (QED) is 0.551. The van der Waals surface area contributed by atoms with Crippen molar-refractivity contribution in [3.8, 4) is 0 Å². The zero-order valence-electron chi connectivity index (χ0n) is 13.6. The fourth-order valence-electron chi connectivity index (χ4n) is 2.34. The van der Waals surface area contributed by atoms with E-state index in [1.807, 2.05) is 0 Å². The van der Waals surface area contributed by atoms with Gasteiger partial charge in [-0.25, -0.2) is 0 Å². The van der Waals surface area contributed by atoms with Crippen molar-refractivity contribution in [2.75, 3.05) is 6.61 Å². The van der Waals surface area contributed by atoms with Crippen LogP contribution in [-0.4, -0.2) is 23.9 Å². The van der Waals surface area contributed by atoms with Crippen LogP contribution in [0.2, 0.25) is 0 Å². The van der Waals surface area contributed by atoms with Crippen LogP contribution in [0.25, 0.3) is 0 Å². The average molecular weight is 258 g/mol. The summed E-state index contributed by atoms with van der Waals surface area (Å²) >= 11 is 0. The van der Waals surface area contributed by atoms with E-state index in [4.69, 9.17) is 9.47 Å². The Morgan fingerprint density at radius 2 is 1.33 bits per heavy atom. The van der Waals surface area contributed by atoms with Crippen LogP contribution in [0.15, 0.2) is 0 Å². The van der Waals surface area contributed by atoms with Gasteiger partial charge in [0.2, 0.25) is 0 Å². The van der Waals surface area contributed by atoms with Crippen molar-refractivity contribution in [1.82, 2.24) is 0 Å². The highest BCUT2D eigenvalue weighted by Gasteiger charge is 2.24. The molecule has 110 valence electrons. The minimum Gasteiger partial charge on any atom is -0.373 e. The molecule has 0 aliphatic heterocycles. The average Bonchev–Trinajstić information content (AvgIpc) is 2.24. The summed E-state index contributed by atoms with van der Waals surface area (Å²) in [6, 6.07) is 0. The maximum atomic E-state index is 6.18. The van der Waals surface area contributed by atoms with Crippen LogP contribution in [0.3, 0.4) is 0 Å². The summed E-state index contributed by atoms with van der Waals surface area (Å²) in [7, 11) is 0. The molecule has 0 aromatic carbocycles. The Labute approximate surface area is 114 Å². The second kappa shape index (κ2) is 8.16. The van der Waals surface area contributed by atoms with Gasteiger partial charge in [0.1, 0.15) is 0 Å². The van der Waals surface area contributed by atoms with Gasteiger partial charge in [-0.05, 0) is 47.0 Å². The standard InChI is InChI=1S/C16H34O2/c1-8-11-15(4,5)17-13-14(10-3)18-16(6,7)12-9-2/h14H,8-13H2,1-7H3. The smallest absolute Gasteiger partial charge is 0.0813 e. The topological polar surface area (TPSA) is 18.5 Å². The van der Waals surface area contributed by atoms with E-state index in [0.717, 1.165) is 32.1 Å². The Hall–Kier alpha value is -0.0800. The molecule has 2 nitrogen and oxygen atoms in total. The van der Waals surface area contributed by atoms with E-state index in [0.29, 0.717) is 6.61 Å². The predicted molar refractivity (Wildman–Crippen MR) is 79.1 cm³/mol. The maximum absolute atomic E-state index is 6.18. The van der Waals surface area contributed by atoms with Crippen LogP contribution in [-0.2, 0) is 9.47 Å². The molecular formula is C16H34O2. The highest BCUT2D eigenvalue weighted by atomic mass is 16.6. The van der Waals surface area contributed by atoms with Crippen molar-refractivity contribution in [3.63, 3.8) is 0 Å². The fourth-order valence-corrected chi connectivity index (χ4v) is 2.34. The molecule has 1 unspecified atom stereocenters. The predicted octanol–water partition coefficient (Wildman–Crippen LogP) is 4.96. The van der Waals surface area contributed by atoms with Crippen LogP contribution in [0.1, 0.15) is 80.6 Å². The highest BCUT2D eigenvalue weighted by Crippen LogP contribution is 2.22. The minimum absolute atomic E-state index is 0.0274. The number of hydrogen-bond donors (Lipinski definition) is 0. The first-order valence-corrected chi connectivity index (χ1v) is 7.58. The van der Waals surface area contributed by atoms with Crippen LogP contribution < -0.4 is 0 Å². The van der Waals surface area contributed by atoms with Gasteiger partial charge in [0.15, 0.2) is 0 Å². The van der Waals surface area contributed by atoms with E-state index in [9.17, 15) is 0 Å². The van der Waals surface area contributed by atoms with E-state index in [1.54, 1.807) is 0 Å². The third-order valence-corrected chi connectivity index (χ3v) is 3.31. The molecule has 0 heterocycles. The molecule has 0 amide bonds. The molecule has 0 rings (SSSR count). The molecule has 1 atom stereocenters. The second-order valence-electron chi connectivity index (χ2n) is 6.48. The van der Waals surface area contributed by atoms with Gasteiger partial charge >= 0.3 is 0 Å². The molecule has 0 aromatic heterocycles. The monoisotopic (exact) mass is 258 g/mol. The summed E-state index contributed by atoms with van der Waals surface area (Å²) < 4.78 is 12.2. The summed E-state index contributed by atoms with van der Waals surface area (Å²) in [5, 5.41) is 0. The first-order chi connectivity index (χ1) is 8.26. The lowest BCUT2D eigenvalue weighted by Gasteiger charge is -2.33. The minimum atomic E-state index is -0.0340. The van der Waals surface area contributed by atoms with Crippen molar-refractivity contribution in [3.05, 3.63) is 0 Å². The van der Waals surface area contributed by atoms with Gasteiger partial charge in [0, 0.05) is 0 Å². The molecule has 0 fully saturated rings. The molecule has 0 N–H and O–H groups in total. The van der Waals surface area contributed by atoms with Gasteiger partial charge in [0.25, 0.3) is 0 Å². The summed E-state index contributed by atoms with van der Waals surface area (Å²) in [5.74, 6) is 0. The zero-order chi connectivity index (χ0) is 14.2. The Bertz CT molecular complexity index is 209. The van der Waals surface area contributed by atoms with Crippen molar-refractivity contribution in [2.24, 2.45) is 0 Å². The lowest BCUT2D eigenvalue weighted by Crippen LogP contribution is -2.36. The normalized spacial score (nSPS) is 14.8. The Kier molecular flexibility index (Phi) is 8.13. The molecular weight excluding hydrogens is 224 g/mol. The van der Waals surface area contributed by atoms with Crippen LogP contribution in [0.4, 0.5) is 0 Å². The molecule has 18 heavy (non-hydrogen) atoms. The van der Waals surface area contributed by atoms with Crippen LogP contribution >= 0.6 is 0 Å². The lowest BCUT2D eigenvalue weighted by molar-refractivity contribution is -0.134.